The highest BCUT2D eigenvalue weighted by atomic mass is 35.5. The van der Waals surface area contributed by atoms with E-state index in [1.807, 2.05) is 11.4 Å². The van der Waals surface area contributed by atoms with Crippen molar-refractivity contribution in [2.24, 2.45) is 5.73 Å². The first kappa shape index (κ1) is 14.0. The zero-order chi connectivity index (χ0) is 12.1. The number of hydrogen-bond donors (Lipinski definition) is 1. The van der Waals surface area contributed by atoms with Gasteiger partial charge in [0.15, 0.2) is 0 Å². The van der Waals surface area contributed by atoms with Gasteiger partial charge in [-0.15, -0.1) is 11.3 Å². The molecule has 2 unspecified atom stereocenters. The Morgan fingerprint density at radius 3 is 2.56 bits per heavy atom. The van der Waals surface area contributed by atoms with E-state index in [0.29, 0.717) is 18.6 Å². The average molecular weight is 261 g/mol. The van der Waals surface area contributed by atoms with Crippen LogP contribution >= 0.6 is 22.9 Å². The van der Waals surface area contributed by atoms with Gasteiger partial charge in [0.05, 0.1) is 11.1 Å². The lowest BCUT2D eigenvalue weighted by molar-refractivity contribution is 0.154. The van der Waals surface area contributed by atoms with Crippen LogP contribution in [0.5, 0.6) is 0 Å². The third-order valence-corrected chi connectivity index (χ3v) is 4.44. The third-order valence-electron chi connectivity index (χ3n) is 3.06. The molecule has 2 N–H and O–H groups in total. The number of halogens is 1. The number of nitrogens with zero attached hydrogens (tertiary/aromatic N) is 1. The maximum absolute atomic E-state index is 5.97. The van der Waals surface area contributed by atoms with Crippen LogP contribution in [0, 0.1) is 0 Å². The van der Waals surface area contributed by atoms with Crippen molar-refractivity contribution in [3.63, 3.8) is 0 Å². The number of thiophene rings is 1. The van der Waals surface area contributed by atoms with Crippen molar-refractivity contribution in [3.05, 3.63) is 21.3 Å². The van der Waals surface area contributed by atoms with Gasteiger partial charge in [0.2, 0.25) is 0 Å². The van der Waals surface area contributed by atoms with Crippen LogP contribution in [0.4, 0.5) is 0 Å². The Labute approximate surface area is 107 Å². The summed E-state index contributed by atoms with van der Waals surface area (Å²) in [5.41, 5.74) is 5.90. The second kappa shape index (κ2) is 6.60. The Morgan fingerprint density at radius 2 is 2.19 bits per heavy atom. The number of likely N-dealkylation sites (N-methyl/N-ethyl adjacent to an activating group) is 1. The number of hydrogen-bond acceptors (Lipinski definition) is 3. The van der Waals surface area contributed by atoms with Gasteiger partial charge in [-0.3, -0.25) is 4.90 Å². The highest BCUT2D eigenvalue weighted by Crippen LogP contribution is 2.30. The second-order valence-electron chi connectivity index (χ2n) is 4.01. The molecule has 0 aromatic carbocycles. The van der Waals surface area contributed by atoms with E-state index in [2.05, 4.69) is 25.7 Å². The predicted molar refractivity (Wildman–Crippen MR) is 73.3 cm³/mol. The molecule has 0 spiro atoms. The second-order valence-corrected chi connectivity index (χ2v) is 5.39. The van der Waals surface area contributed by atoms with Gasteiger partial charge in [-0.25, -0.2) is 0 Å². The normalized spacial score (nSPS) is 15.4. The molecule has 1 heterocycles. The molecule has 1 aromatic heterocycles. The van der Waals surface area contributed by atoms with Gasteiger partial charge in [-0.05, 0) is 26.0 Å². The maximum atomic E-state index is 5.97. The monoisotopic (exact) mass is 260 g/mol. The van der Waals surface area contributed by atoms with Gasteiger partial charge in [0.1, 0.15) is 0 Å². The highest BCUT2D eigenvalue weighted by molar-refractivity contribution is 7.10. The van der Waals surface area contributed by atoms with E-state index in [9.17, 15) is 0 Å². The van der Waals surface area contributed by atoms with E-state index in [4.69, 9.17) is 17.3 Å². The summed E-state index contributed by atoms with van der Waals surface area (Å²) in [7, 11) is 0. The fourth-order valence-corrected chi connectivity index (χ4v) is 3.21. The van der Waals surface area contributed by atoms with Crippen LogP contribution < -0.4 is 5.73 Å². The lowest BCUT2D eigenvalue weighted by Crippen LogP contribution is -2.39. The molecule has 0 bridgehead atoms. The largest absolute Gasteiger partial charge is 0.329 e. The number of nitrogens with two attached hydrogens (primary N) is 1. The molecule has 0 aliphatic carbocycles. The standard InChI is InChI=1S/C12H21ClN2S/c1-4-9(3)15(5-2)11(7-14)12-6-10(13)8-16-12/h6,8-9,11H,4-5,7,14H2,1-3H3. The fourth-order valence-electron chi connectivity index (χ4n) is 1.99. The molecule has 4 heteroatoms. The Kier molecular flexibility index (Phi) is 5.76. The van der Waals surface area contributed by atoms with E-state index in [-0.39, 0.29) is 0 Å². The molecule has 2 atom stereocenters. The smallest absolute Gasteiger partial charge is 0.0567 e. The molecule has 0 amide bonds. The summed E-state index contributed by atoms with van der Waals surface area (Å²) >= 11 is 7.67. The van der Waals surface area contributed by atoms with Crippen LogP contribution in [-0.2, 0) is 0 Å². The van der Waals surface area contributed by atoms with Crippen molar-refractivity contribution in [2.75, 3.05) is 13.1 Å². The summed E-state index contributed by atoms with van der Waals surface area (Å²) in [6, 6.07) is 2.89. The van der Waals surface area contributed by atoms with Gasteiger partial charge >= 0.3 is 0 Å². The Bertz CT molecular complexity index is 314. The molecule has 1 rings (SSSR count). The van der Waals surface area contributed by atoms with Crippen LogP contribution in [0.2, 0.25) is 5.02 Å². The zero-order valence-corrected chi connectivity index (χ0v) is 11.8. The maximum Gasteiger partial charge on any atom is 0.0567 e. The molecule has 0 fully saturated rings. The van der Waals surface area contributed by atoms with Gasteiger partial charge < -0.3 is 5.73 Å². The van der Waals surface area contributed by atoms with Gasteiger partial charge in [-0.2, -0.15) is 0 Å². The lowest BCUT2D eigenvalue weighted by atomic mass is 10.1. The molecular formula is C12H21ClN2S. The minimum atomic E-state index is 0.303. The molecule has 1 aromatic rings. The quantitative estimate of drug-likeness (QED) is 0.848. The van der Waals surface area contributed by atoms with Crippen molar-refractivity contribution in [3.8, 4) is 0 Å². The Balaban J connectivity index is 2.87. The lowest BCUT2D eigenvalue weighted by Gasteiger charge is -2.34. The highest BCUT2D eigenvalue weighted by Gasteiger charge is 2.22. The molecule has 0 aliphatic heterocycles. The first-order valence-electron chi connectivity index (χ1n) is 5.83. The molecule has 0 radical (unpaired) electrons. The van der Waals surface area contributed by atoms with E-state index in [1.165, 1.54) is 4.88 Å². The van der Waals surface area contributed by atoms with Crippen molar-refractivity contribution >= 4 is 22.9 Å². The molecule has 0 saturated heterocycles. The topological polar surface area (TPSA) is 29.3 Å². The van der Waals surface area contributed by atoms with Crippen molar-refractivity contribution in [2.45, 2.75) is 39.3 Å². The molecular weight excluding hydrogens is 240 g/mol. The van der Waals surface area contributed by atoms with Gasteiger partial charge in [-0.1, -0.05) is 25.4 Å². The van der Waals surface area contributed by atoms with E-state index in [1.54, 1.807) is 11.3 Å². The van der Waals surface area contributed by atoms with Gasteiger partial charge in [0, 0.05) is 22.8 Å². The van der Waals surface area contributed by atoms with Crippen molar-refractivity contribution < 1.29 is 0 Å². The van der Waals surface area contributed by atoms with E-state index < -0.39 is 0 Å². The summed E-state index contributed by atoms with van der Waals surface area (Å²) in [6.45, 7) is 8.31. The SMILES string of the molecule is CCC(C)N(CC)C(CN)c1cc(Cl)cs1. The summed E-state index contributed by atoms with van der Waals surface area (Å²) in [5.74, 6) is 0. The first-order chi connectivity index (χ1) is 7.63. The van der Waals surface area contributed by atoms with Crippen LogP contribution in [0.1, 0.15) is 38.1 Å². The molecule has 2 nitrogen and oxygen atoms in total. The third kappa shape index (κ3) is 3.20. The Hall–Kier alpha value is -0.0900. The fraction of sp³-hybridized carbons (Fsp3) is 0.667. The molecule has 0 aliphatic rings. The predicted octanol–water partition coefficient (Wildman–Crippen LogP) is 3.52. The summed E-state index contributed by atoms with van der Waals surface area (Å²) in [5, 5.41) is 2.79. The first-order valence-corrected chi connectivity index (χ1v) is 7.09. The molecule has 0 saturated carbocycles. The summed E-state index contributed by atoms with van der Waals surface area (Å²) < 4.78 is 0. The van der Waals surface area contributed by atoms with E-state index >= 15 is 0 Å². The minimum Gasteiger partial charge on any atom is -0.329 e. The minimum absolute atomic E-state index is 0.303. The van der Waals surface area contributed by atoms with Crippen molar-refractivity contribution in [1.29, 1.82) is 0 Å². The Morgan fingerprint density at radius 1 is 1.50 bits per heavy atom. The average Bonchev–Trinajstić information content (AvgIpc) is 2.71. The van der Waals surface area contributed by atoms with Crippen LogP contribution in [0.25, 0.3) is 0 Å². The van der Waals surface area contributed by atoms with Crippen LogP contribution in [-0.4, -0.2) is 24.0 Å². The van der Waals surface area contributed by atoms with E-state index in [0.717, 1.165) is 18.0 Å². The zero-order valence-electron chi connectivity index (χ0n) is 10.2. The van der Waals surface area contributed by atoms with Crippen LogP contribution in [0.15, 0.2) is 11.4 Å². The van der Waals surface area contributed by atoms with Crippen LogP contribution in [0.3, 0.4) is 0 Å². The van der Waals surface area contributed by atoms with Crippen molar-refractivity contribution in [1.82, 2.24) is 4.90 Å². The van der Waals surface area contributed by atoms with Gasteiger partial charge in [0.25, 0.3) is 0 Å². The summed E-state index contributed by atoms with van der Waals surface area (Å²) in [4.78, 5) is 3.72. The number of rotatable bonds is 6. The summed E-state index contributed by atoms with van der Waals surface area (Å²) in [6.07, 6.45) is 1.14. The molecule has 92 valence electrons. The molecule has 16 heavy (non-hydrogen) atoms.